The monoisotopic (exact) mass is 142 g/mol. The Morgan fingerprint density at radius 3 is 2.60 bits per heavy atom. The highest BCUT2D eigenvalue weighted by Gasteiger charge is 2.28. The largest absolute Gasteiger partial charge is 0.385 e. The van der Waals surface area contributed by atoms with E-state index >= 15 is 0 Å². The van der Waals surface area contributed by atoms with Crippen molar-refractivity contribution in [2.75, 3.05) is 6.54 Å². The van der Waals surface area contributed by atoms with E-state index in [0.717, 1.165) is 0 Å². The molecule has 5 heteroatoms. The maximum Gasteiger partial charge on any atom is 0.217 e. The van der Waals surface area contributed by atoms with Crippen LogP contribution in [0.3, 0.4) is 0 Å². The fourth-order valence-electron chi connectivity index (χ4n) is 0.595. The van der Waals surface area contributed by atoms with Crippen molar-refractivity contribution < 1.29 is 5.11 Å². The van der Waals surface area contributed by atoms with Gasteiger partial charge in [-0.15, -0.1) is 0 Å². The Morgan fingerprint density at radius 2 is 2.20 bits per heavy atom. The van der Waals surface area contributed by atoms with Crippen LogP contribution in [0.2, 0.25) is 0 Å². The minimum atomic E-state index is -1.12. The van der Waals surface area contributed by atoms with E-state index in [2.05, 4.69) is 9.98 Å². The number of guanidine groups is 1. The molecule has 0 aromatic carbocycles. The van der Waals surface area contributed by atoms with Gasteiger partial charge in [-0.25, -0.2) is 4.99 Å². The van der Waals surface area contributed by atoms with Gasteiger partial charge in [0.2, 0.25) is 5.96 Å². The Bertz CT molecular complexity index is 206. The van der Waals surface area contributed by atoms with Gasteiger partial charge in [-0.3, -0.25) is 0 Å². The van der Waals surface area contributed by atoms with Crippen molar-refractivity contribution in [1.29, 1.82) is 0 Å². The van der Waals surface area contributed by atoms with Gasteiger partial charge in [-0.05, 0) is 6.92 Å². The first kappa shape index (κ1) is 7.01. The average Bonchev–Trinajstić information content (AvgIpc) is 1.81. The molecule has 0 bridgehead atoms. The molecule has 1 unspecified atom stereocenters. The Kier molecular flexibility index (Phi) is 1.37. The topological polar surface area (TPSA) is 97.0 Å². The summed E-state index contributed by atoms with van der Waals surface area (Å²) in [7, 11) is 0. The van der Waals surface area contributed by atoms with Crippen LogP contribution in [0, 0.1) is 0 Å². The molecule has 56 valence electrons. The molecule has 0 aromatic rings. The lowest BCUT2D eigenvalue weighted by Crippen LogP contribution is -2.47. The predicted octanol–water partition coefficient (Wildman–Crippen LogP) is -1.58. The van der Waals surface area contributed by atoms with Crippen molar-refractivity contribution in [3.8, 4) is 0 Å². The molecule has 0 spiro atoms. The zero-order valence-corrected chi connectivity index (χ0v) is 5.70. The van der Waals surface area contributed by atoms with Crippen LogP contribution in [-0.2, 0) is 0 Å². The molecular formula is C5H10N4O. The van der Waals surface area contributed by atoms with Crippen LogP contribution >= 0.6 is 0 Å². The second kappa shape index (κ2) is 1.95. The van der Waals surface area contributed by atoms with Crippen molar-refractivity contribution in [1.82, 2.24) is 0 Å². The van der Waals surface area contributed by atoms with E-state index in [4.69, 9.17) is 11.5 Å². The minimum Gasteiger partial charge on any atom is -0.385 e. The fraction of sp³-hybridized carbons (Fsp3) is 0.600. The molecular weight excluding hydrogens is 132 g/mol. The second-order valence-corrected chi connectivity index (χ2v) is 2.45. The molecule has 1 heterocycles. The quantitative estimate of drug-likeness (QED) is 0.381. The first-order chi connectivity index (χ1) is 4.52. The van der Waals surface area contributed by atoms with Crippen molar-refractivity contribution in [3.63, 3.8) is 0 Å². The zero-order valence-electron chi connectivity index (χ0n) is 5.70. The van der Waals surface area contributed by atoms with Crippen LogP contribution in [-0.4, -0.2) is 29.0 Å². The van der Waals surface area contributed by atoms with Gasteiger partial charge in [0.25, 0.3) is 0 Å². The number of aliphatic imine (C=N–C) groups is 2. The lowest BCUT2D eigenvalue weighted by atomic mass is 10.1. The van der Waals surface area contributed by atoms with Crippen molar-refractivity contribution in [2.45, 2.75) is 12.5 Å². The Labute approximate surface area is 58.5 Å². The number of hydrogen-bond donors (Lipinski definition) is 3. The molecule has 1 aliphatic heterocycles. The fourth-order valence-corrected chi connectivity index (χ4v) is 0.595. The van der Waals surface area contributed by atoms with Crippen LogP contribution in [0.1, 0.15) is 6.92 Å². The molecule has 5 nitrogen and oxygen atoms in total. The molecule has 0 aliphatic carbocycles. The first-order valence-corrected chi connectivity index (χ1v) is 2.89. The van der Waals surface area contributed by atoms with Gasteiger partial charge in [-0.1, -0.05) is 0 Å². The second-order valence-electron chi connectivity index (χ2n) is 2.45. The highest BCUT2D eigenvalue weighted by atomic mass is 16.3. The highest BCUT2D eigenvalue weighted by Crippen LogP contribution is 2.07. The summed E-state index contributed by atoms with van der Waals surface area (Å²) < 4.78 is 0. The summed E-state index contributed by atoms with van der Waals surface area (Å²) in [6.45, 7) is 1.73. The van der Waals surface area contributed by atoms with E-state index < -0.39 is 5.60 Å². The summed E-state index contributed by atoms with van der Waals surface area (Å²) in [5.74, 6) is 0.254. The number of nitrogens with two attached hydrogens (primary N) is 2. The molecule has 1 aliphatic rings. The van der Waals surface area contributed by atoms with Gasteiger partial charge in [0.05, 0.1) is 6.54 Å². The molecule has 0 aromatic heterocycles. The zero-order chi connectivity index (χ0) is 7.78. The van der Waals surface area contributed by atoms with E-state index in [1.54, 1.807) is 6.92 Å². The van der Waals surface area contributed by atoms with Crippen molar-refractivity contribution >= 4 is 11.8 Å². The maximum absolute atomic E-state index is 9.34. The Balaban J connectivity index is 2.88. The standard InChI is InChI=1S/C5H10N4O/c1-5(10)2-8-4(7)9-3(5)6/h10H,2H2,1H3,(H4,6,7,8,9). The number of amidine groups is 1. The molecule has 0 amide bonds. The van der Waals surface area contributed by atoms with Gasteiger partial charge >= 0.3 is 0 Å². The molecule has 5 N–H and O–H groups in total. The number of rotatable bonds is 0. The molecule has 0 saturated carbocycles. The highest BCUT2D eigenvalue weighted by molar-refractivity contribution is 6.00. The summed E-state index contributed by atoms with van der Waals surface area (Å²) in [6, 6.07) is 0. The SMILES string of the molecule is CC1(O)CN=C(N)N=C1N. The number of hydrogen-bond acceptors (Lipinski definition) is 5. The smallest absolute Gasteiger partial charge is 0.217 e. The van der Waals surface area contributed by atoms with Crippen LogP contribution in [0.25, 0.3) is 0 Å². The van der Waals surface area contributed by atoms with E-state index in [9.17, 15) is 5.11 Å². The van der Waals surface area contributed by atoms with E-state index in [0.29, 0.717) is 0 Å². The van der Waals surface area contributed by atoms with Crippen LogP contribution in [0.5, 0.6) is 0 Å². The first-order valence-electron chi connectivity index (χ1n) is 2.89. The molecule has 0 fully saturated rings. The molecule has 0 saturated heterocycles. The molecule has 10 heavy (non-hydrogen) atoms. The van der Waals surface area contributed by atoms with E-state index in [-0.39, 0.29) is 18.3 Å². The minimum absolute atomic E-state index is 0.125. The van der Waals surface area contributed by atoms with Crippen LogP contribution in [0.15, 0.2) is 9.98 Å². The Hall–Kier alpha value is -1.10. The molecule has 0 radical (unpaired) electrons. The van der Waals surface area contributed by atoms with E-state index in [1.165, 1.54) is 0 Å². The summed E-state index contributed by atoms with van der Waals surface area (Å²) in [5.41, 5.74) is 9.44. The third-order valence-electron chi connectivity index (χ3n) is 1.34. The summed E-state index contributed by atoms with van der Waals surface area (Å²) in [4.78, 5) is 7.32. The predicted molar refractivity (Wildman–Crippen MR) is 38.7 cm³/mol. The third kappa shape index (κ3) is 1.08. The number of aliphatic hydroxyl groups is 1. The lowest BCUT2D eigenvalue weighted by Gasteiger charge is -2.22. The van der Waals surface area contributed by atoms with Gasteiger partial charge in [0, 0.05) is 0 Å². The van der Waals surface area contributed by atoms with Gasteiger partial charge in [0.1, 0.15) is 11.4 Å². The number of nitrogens with zero attached hydrogens (tertiary/aromatic N) is 2. The lowest BCUT2D eigenvalue weighted by molar-refractivity contribution is 0.139. The van der Waals surface area contributed by atoms with Crippen molar-refractivity contribution in [3.05, 3.63) is 0 Å². The average molecular weight is 142 g/mol. The van der Waals surface area contributed by atoms with Gasteiger partial charge in [0.15, 0.2) is 0 Å². The van der Waals surface area contributed by atoms with Crippen LogP contribution in [0.4, 0.5) is 0 Å². The Morgan fingerprint density at radius 1 is 1.60 bits per heavy atom. The summed E-state index contributed by atoms with van der Waals surface area (Å²) in [5, 5.41) is 9.34. The third-order valence-corrected chi connectivity index (χ3v) is 1.34. The van der Waals surface area contributed by atoms with Crippen LogP contribution < -0.4 is 11.5 Å². The van der Waals surface area contributed by atoms with Gasteiger partial charge in [-0.2, -0.15) is 4.99 Å². The summed E-state index contributed by atoms with van der Waals surface area (Å²) in [6.07, 6.45) is 0. The normalized spacial score (nSPS) is 33.0. The van der Waals surface area contributed by atoms with Gasteiger partial charge < -0.3 is 16.6 Å². The molecule has 1 rings (SSSR count). The van der Waals surface area contributed by atoms with Crippen molar-refractivity contribution in [2.24, 2.45) is 21.5 Å². The maximum atomic E-state index is 9.34. The summed E-state index contributed by atoms with van der Waals surface area (Å²) >= 11 is 0. The molecule has 1 atom stereocenters. The van der Waals surface area contributed by atoms with E-state index in [1.807, 2.05) is 0 Å².